The predicted octanol–water partition coefficient (Wildman–Crippen LogP) is 2.18. The van der Waals surface area contributed by atoms with E-state index in [0.29, 0.717) is 16.7 Å². The van der Waals surface area contributed by atoms with Gasteiger partial charge in [0, 0.05) is 0 Å². The first-order valence-electron chi connectivity index (χ1n) is 5.83. The molecule has 0 amide bonds. The molecule has 1 aromatic carbocycles. The summed E-state index contributed by atoms with van der Waals surface area (Å²) in [6, 6.07) is 5.72. The van der Waals surface area contributed by atoms with Gasteiger partial charge in [-0.3, -0.25) is 20.2 Å². The van der Waals surface area contributed by atoms with E-state index in [-0.39, 0.29) is 5.82 Å². The Morgan fingerprint density at radius 1 is 1.14 bits per heavy atom. The number of anilines is 2. The van der Waals surface area contributed by atoms with E-state index < -0.39 is 21.2 Å². The van der Waals surface area contributed by atoms with Gasteiger partial charge in [0.1, 0.15) is 11.7 Å². The van der Waals surface area contributed by atoms with Crippen molar-refractivity contribution in [3.63, 3.8) is 0 Å². The maximum absolute atomic E-state index is 11.1. The number of hydrogen-bond acceptors (Lipinski definition) is 9. The van der Waals surface area contributed by atoms with E-state index in [1.54, 1.807) is 18.2 Å². The third kappa shape index (κ3) is 2.26. The second-order valence-electron chi connectivity index (χ2n) is 4.14. The number of pyridine rings is 1. The molecule has 2 heterocycles. The van der Waals surface area contributed by atoms with Crippen LogP contribution in [0.25, 0.3) is 11.0 Å². The zero-order valence-corrected chi connectivity index (χ0v) is 10.7. The van der Waals surface area contributed by atoms with Gasteiger partial charge in [-0.05, 0) is 22.4 Å². The molecule has 0 unspecified atom stereocenters. The fraction of sp³-hybridized carbons (Fsp3) is 0. The minimum Gasteiger partial charge on any atom is -0.333 e. The van der Waals surface area contributed by atoms with Crippen LogP contribution in [-0.4, -0.2) is 25.1 Å². The molecule has 1 N–H and O–H groups in total. The second kappa shape index (κ2) is 5.05. The molecule has 0 aliphatic rings. The largest absolute Gasteiger partial charge is 0.333 e. The van der Waals surface area contributed by atoms with Crippen molar-refractivity contribution in [2.75, 3.05) is 5.32 Å². The highest BCUT2D eigenvalue weighted by atomic mass is 16.6. The van der Waals surface area contributed by atoms with Crippen LogP contribution in [0, 0.1) is 20.2 Å². The molecule has 0 fully saturated rings. The Hall–Kier alpha value is -3.63. The van der Waals surface area contributed by atoms with Crippen LogP contribution in [-0.2, 0) is 0 Å². The first-order valence-corrected chi connectivity index (χ1v) is 5.83. The molecule has 0 radical (unpaired) electrons. The van der Waals surface area contributed by atoms with Crippen LogP contribution < -0.4 is 5.32 Å². The average Bonchev–Trinajstić information content (AvgIpc) is 2.96. The first-order chi connectivity index (χ1) is 10.6. The van der Waals surface area contributed by atoms with Crippen LogP contribution in [0.2, 0.25) is 0 Å². The Morgan fingerprint density at radius 2 is 1.95 bits per heavy atom. The van der Waals surface area contributed by atoms with Crippen molar-refractivity contribution < 1.29 is 14.5 Å². The van der Waals surface area contributed by atoms with Gasteiger partial charge in [-0.2, -0.15) is 0 Å². The minimum atomic E-state index is -0.760. The van der Waals surface area contributed by atoms with E-state index in [9.17, 15) is 20.2 Å². The third-order valence-electron chi connectivity index (χ3n) is 2.80. The molecular formula is C11H6N6O5. The van der Waals surface area contributed by atoms with Gasteiger partial charge >= 0.3 is 5.69 Å². The highest BCUT2D eigenvalue weighted by molar-refractivity contribution is 5.89. The Labute approximate surface area is 120 Å². The lowest BCUT2D eigenvalue weighted by atomic mass is 10.2. The number of nitro groups is 2. The maximum Gasteiger partial charge on any atom is 0.318 e. The molecule has 2 aromatic heterocycles. The summed E-state index contributed by atoms with van der Waals surface area (Å²) in [4.78, 5) is 24.0. The van der Waals surface area contributed by atoms with Crippen LogP contribution >= 0.6 is 0 Å². The summed E-state index contributed by atoms with van der Waals surface area (Å²) in [6.45, 7) is 0. The zero-order chi connectivity index (χ0) is 15.7. The Kier molecular flexibility index (Phi) is 3.06. The normalized spacial score (nSPS) is 10.5. The quantitative estimate of drug-likeness (QED) is 0.564. The van der Waals surface area contributed by atoms with Crippen molar-refractivity contribution in [1.29, 1.82) is 0 Å². The Balaban J connectivity index is 2.07. The van der Waals surface area contributed by atoms with Gasteiger partial charge in [0.25, 0.3) is 5.69 Å². The van der Waals surface area contributed by atoms with Gasteiger partial charge in [-0.1, -0.05) is 6.07 Å². The molecule has 0 bridgehead atoms. The van der Waals surface area contributed by atoms with Gasteiger partial charge in [-0.15, -0.1) is 0 Å². The van der Waals surface area contributed by atoms with Gasteiger partial charge in [0.2, 0.25) is 5.82 Å². The molecule has 11 heteroatoms. The number of benzene rings is 1. The minimum absolute atomic E-state index is 0.147. The van der Waals surface area contributed by atoms with Gasteiger partial charge in [-0.25, -0.2) is 9.61 Å². The van der Waals surface area contributed by atoms with Crippen molar-refractivity contribution >= 4 is 33.9 Å². The summed E-state index contributed by atoms with van der Waals surface area (Å²) in [5, 5.41) is 31.8. The molecule has 3 rings (SSSR count). The highest BCUT2D eigenvalue weighted by Crippen LogP contribution is 2.30. The number of hydrogen-bond donors (Lipinski definition) is 1. The van der Waals surface area contributed by atoms with Gasteiger partial charge in [0.05, 0.1) is 21.6 Å². The molecule has 0 saturated heterocycles. The molecule has 0 aliphatic heterocycles. The zero-order valence-electron chi connectivity index (χ0n) is 10.7. The summed E-state index contributed by atoms with van der Waals surface area (Å²) in [7, 11) is 0. The molecule has 110 valence electrons. The number of nitrogens with zero attached hydrogens (tertiary/aromatic N) is 5. The Bertz CT molecular complexity index is 892. The van der Waals surface area contributed by atoms with Crippen molar-refractivity contribution in [3.8, 4) is 0 Å². The van der Waals surface area contributed by atoms with Crippen molar-refractivity contribution in [2.24, 2.45) is 0 Å². The van der Waals surface area contributed by atoms with Crippen LogP contribution in [0.5, 0.6) is 0 Å². The maximum atomic E-state index is 11.1. The SMILES string of the molecule is O=[N+]([O-])c1cnc(Nc2cccc3nonc23)c([N+](=O)[O-])c1. The summed E-state index contributed by atoms with van der Waals surface area (Å²) in [5.41, 5.74) is 0.191. The van der Waals surface area contributed by atoms with Crippen LogP contribution in [0.15, 0.2) is 35.1 Å². The molecule has 22 heavy (non-hydrogen) atoms. The summed E-state index contributed by atoms with van der Waals surface area (Å²) in [5.74, 6) is -0.147. The fourth-order valence-electron chi connectivity index (χ4n) is 1.81. The standard InChI is InChI=1S/C11H6N6O5/c18-16(19)6-4-9(17(20)21)11(12-5-6)13-7-2-1-3-8-10(7)15-22-14-8/h1-5H,(H,12,13). The molecular weight excluding hydrogens is 296 g/mol. The summed E-state index contributed by atoms with van der Waals surface area (Å²) < 4.78 is 4.59. The van der Waals surface area contributed by atoms with E-state index in [4.69, 9.17) is 0 Å². The lowest BCUT2D eigenvalue weighted by Gasteiger charge is -2.05. The second-order valence-corrected chi connectivity index (χ2v) is 4.14. The van der Waals surface area contributed by atoms with Gasteiger partial charge < -0.3 is 5.32 Å². The highest BCUT2D eigenvalue weighted by Gasteiger charge is 2.22. The van der Waals surface area contributed by atoms with Crippen molar-refractivity contribution in [1.82, 2.24) is 15.3 Å². The van der Waals surface area contributed by atoms with Crippen molar-refractivity contribution in [2.45, 2.75) is 0 Å². The van der Waals surface area contributed by atoms with E-state index in [1.165, 1.54) is 0 Å². The van der Waals surface area contributed by atoms with Crippen molar-refractivity contribution in [3.05, 3.63) is 50.7 Å². The average molecular weight is 302 g/mol. The third-order valence-corrected chi connectivity index (χ3v) is 2.80. The van der Waals surface area contributed by atoms with Crippen LogP contribution in [0.3, 0.4) is 0 Å². The van der Waals surface area contributed by atoms with Crippen LogP contribution in [0.4, 0.5) is 22.9 Å². The van der Waals surface area contributed by atoms with E-state index in [0.717, 1.165) is 12.3 Å². The Morgan fingerprint density at radius 3 is 2.68 bits per heavy atom. The van der Waals surface area contributed by atoms with Crippen LogP contribution in [0.1, 0.15) is 0 Å². The molecule has 0 spiro atoms. The number of nitrogens with one attached hydrogen (secondary N) is 1. The van der Waals surface area contributed by atoms with E-state index in [1.807, 2.05) is 0 Å². The molecule has 11 nitrogen and oxygen atoms in total. The first kappa shape index (κ1) is 13.4. The molecule has 3 aromatic rings. The number of aromatic nitrogens is 3. The van der Waals surface area contributed by atoms with E-state index >= 15 is 0 Å². The summed E-state index contributed by atoms with van der Waals surface area (Å²) >= 11 is 0. The predicted molar refractivity (Wildman–Crippen MR) is 72.6 cm³/mol. The van der Waals surface area contributed by atoms with E-state index in [2.05, 4.69) is 25.2 Å². The lowest BCUT2D eigenvalue weighted by molar-refractivity contribution is -0.394. The van der Waals surface area contributed by atoms with Gasteiger partial charge in [0.15, 0.2) is 5.52 Å². The number of fused-ring (bicyclic) bond motifs is 1. The lowest BCUT2D eigenvalue weighted by Crippen LogP contribution is -2.01. The molecule has 0 atom stereocenters. The number of rotatable bonds is 4. The summed E-state index contributed by atoms with van der Waals surface area (Å²) in [6.07, 6.45) is 0.927. The fourth-order valence-corrected chi connectivity index (χ4v) is 1.81. The smallest absolute Gasteiger partial charge is 0.318 e. The monoisotopic (exact) mass is 302 g/mol. The molecule has 0 aliphatic carbocycles. The topological polar surface area (TPSA) is 150 Å². The molecule has 0 saturated carbocycles.